The van der Waals surface area contributed by atoms with Crippen LogP contribution in [-0.2, 0) is 26.1 Å². The van der Waals surface area contributed by atoms with Gasteiger partial charge in [0.25, 0.3) is 0 Å². The number of methoxy groups -OCH3 is 2. The molecule has 9 heteroatoms. The summed E-state index contributed by atoms with van der Waals surface area (Å²) in [4.78, 5) is 18.6. The van der Waals surface area contributed by atoms with Crippen LogP contribution in [0.15, 0.2) is 42.9 Å². The molecule has 0 amide bonds. The van der Waals surface area contributed by atoms with E-state index >= 15 is 0 Å². The molecule has 0 saturated carbocycles. The van der Waals surface area contributed by atoms with E-state index < -0.39 is 0 Å². The van der Waals surface area contributed by atoms with Gasteiger partial charge in [0.1, 0.15) is 11.6 Å². The van der Waals surface area contributed by atoms with Gasteiger partial charge in [-0.3, -0.25) is 0 Å². The Morgan fingerprint density at radius 3 is 2.80 bits per heavy atom. The number of anilines is 2. The SMILES string of the molecule is COc1cc(N2CCc3c(nc(OC)nc3N3Cc4cncn4CC3C)C2)c2c(Cl)cccc2c1. The molecule has 2 aromatic carbocycles. The summed E-state index contributed by atoms with van der Waals surface area (Å²) in [5.74, 6) is 1.76. The zero-order valence-corrected chi connectivity index (χ0v) is 20.8. The minimum atomic E-state index is 0.277. The Morgan fingerprint density at radius 1 is 1.09 bits per heavy atom. The van der Waals surface area contributed by atoms with Crippen molar-refractivity contribution in [1.82, 2.24) is 19.5 Å². The maximum absolute atomic E-state index is 6.67. The van der Waals surface area contributed by atoms with Gasteiger partial charge in [-0.1, -0.05) is 23.7 Å². The number of benzene rings is 2. The minimum Gasteiger partial charge on any atom is -0.497 e. The highest BCUT2D eigenvalue weighted by Crippen LogP contribution is 2.40. The predicted octanol–water partition coefficient (Wildman–Crippen LogP) is 4.47. The zero-order valence-electron chi connectivity index (χ0n) is 20.0. The summed E-state index contributed by atoms with van der Waals surface area (Å²) in [6.45, 7) is 5.31. The van der Waals surface area contributed by atoms with Crippen LogP contribution in [0.1, 0.15) is 23.9 Å². The Bertz CT molecular complexity index is 1420. The molecule has 0 radical (unpaired) electrons. The fourth-order valence-corrected chi connectivity index (χ4v) is 5.54. The van der Waals surface area contributed by atoms with E-state index in [9.17, 15) is 0 Å². The van der Waals surface area contributed by atoms with Gasteiger partial charge in [-0.15, -0.1) is 0 Å². The van der Waals surface area contributed by atoms with Gasteiger partial charge in [-0.05, 0) is 30.9 Å². The first-order valence-electron chi connectivity index (χ1n) is 11.8. The number of imidazole rings is 1. The Morgan fingerprint density at radius 2 is 1.97 bits per heavy atom. The third-order valence-electron chi connectivity index (χ3n) is 7.06. The molecule has 2 aliphatic rings. The molecule has 8 nitrogen and oxygen atoms in total. The van der Waals surface area contributed by atoms with Crippen LogP contribution in [0.25, 0.3) is 10.8 Å². The Hall–Kier alpha value is -3.52. The lowest BCUT2D eigenvalue weighted by atomic mass is 10.0. The number of fused-ring (bicyclic) bond motifs is 3. The Balaban J connectivity index is 1.42. The molecule has 4 aromatic rings. The topological polar surface area (TPSA) is 68.5 Å². The summed E-state index contributed by atoms with van der Waals surface area (Å²) in [5.41, 5.74) is 4.39. The van der Waals surface area contributed by atoms with Crippen molar-refractivity contribution in [3.63, 3.8) is 0 Å². The number of halogens is 1. The van der Waals surface area contributed by atoms with Crippen LogP contribution < -0.4 is 19.3 Å². The van der Waals surface area contributed by atoms with E-state index in [1.807, 2.05) is 30.7 Å². The van der Waals surface area contributed by atoms with Crippen molar-refractivity contribution in [2.45, 2.75) is 39.0 Å². The van der Waals surface area contributed by atoms with Gasteiger partial charge in [0, 0.05) is 42.3 Å². The average molecular weight is 491 g/mol. The summed E-state index contributed by atoms with van der Waals surface area (Å²) in [6, 6.07) is 10.7. The van der Waals surface area contributed by atoms with Crippen LogP contribution >= 0.6 is 11.6 Å². The van der Waals surface area contributed by atoms with Crippen molar-refractivity contribution in [1.29, 1.82) is 0 Å². The highest BCUT2D eigenvalue weighted by atomic mass is 35.5. The number of nitrogens with zero attached hydrogens (tertiary/aromatic N) is 6. The maximum atomic E-state index is 6.67. The van der Waals surface area contributed by atoms with E-state index in [0.29, 0.717) is 12.6 Å². The highest BCUT2D eigenvalue weighted by molar-refractivity contribution is 6.36. The van der Waals surface area contributed by atoms with Crippen LogP contribution in [0.2, 0.25) is 5.02 Å². The molecule has 2 aliphatic heterocycles. The van der Waals surface area contributed by atoms with Gasteiger partial charge in [0.2, 0.25) is 0 Å². The standard InChI is InChI=1S/C26H27ClN6O2/c1-16-12-32-15-28-11-18(32)13-33(16)25-20-7-8-31(14-22(20)29-26(30-25)35-3)23-10-19(34-2)9-17-5-4-6-21(27)24(17)23/h4-6,9-11,15-16H,7-8,12-14H2,1-3H3. The molecule has 0 bridgehead atoms. The summed E-state index contributed by atoms with van der Waals surface area (Å²) >= 11 is 6.67. The van der Waals surface area contributed by atoms with Gasteiger partial charge in [-0.2, -0.15) is 9.97 Å². The van der Waals surface area contributed by atoms with Crippen LogP contribution in [0.3, 0.4) is 0 Å². The van der Waals surface area contributed by atoms with Gasteiger partial charge < -0.3 is 23.8 Å². The minimum absolute atomic E-state index is 0.277. The number of hydrogen-bond donors (Lipinski definition) is 0. The lowest BCUT2D eigenvalue weighted by Crippen LogP contribution is -2.43. The van der Waals surface area contributed by atoms with Gasteiger partial charge in [0.05, 0.1) is 55.7 Å². The average Bonchev–Trinajstić information content (AvgIpc) is 3.33. The third kappa shape index (κ3) is 3.72. The smallest absolute Gasteiger partial charge is 0.318 e. The Kier molecular flexibility index (Phi) is 5.40. The molecule has 0 saturated heterocycles. The molecule has 0 aliphatic carbocycles. The third-order valence-corrected chi connectivity index (χ3v) is 7.37. The summed E-state index contributed by atoms with van der Waals surface area (Å²) in [7, 11) is 3.31. The van der Waals surface area contributed by atoms with Crippen molar-refractivity contribution in [2.24, 2.45) is 0 Å². The van der Waals surface area contributed by atoms with Crippen molar-refractivity contribution in [3.05, 3.63) is 64.8 Å². The van der Waals surface area contributed by atoms with E-state index in [-0.39, 0.29) is 6.04 Å². The molecule has 4 heterocycles. The van der Waals surface area contributed by atoms with Crippen molar-refractivity contribution in [2.75, 3.05) is 30.6 Å². The molecule has 0 N–H and O–H groups in total. The van der Waals surface area contributed by atoms with Crippen LogP contribution in [-0.4, -0.2) is 46.3 Å². The predicted molar refractivity (Wildman–Crippen MR) is 137 cm³/mol. The molecule has 6 rings (SSSR count). The highest BCUT2D eigenvalue weighted by Gasteiger charge is 2.31. The second-order valence-corrected chi connectivity index (χ2v) is 9.54. The molecule has 1 atom stereocenters. The number of ether oxygens (including phenoxy) is 2. The lowest BCUT2D eigenvalue weighted by Gasteiger charge is -2.38. The molecular formula is C26H27ClN6O2. The van der Waals surface area contributed by atoms with E-state index in [4.69, 9.17) is 31.0 Å². The van der Waals surface area contributed by atoms with Crippen LogP contribution in [0.5, 0.6) is 11.8 Å². The molecule has 2 aromatic heterocycles. The first-order chi connectivity index (χ1) is 17.1. The molecule has 1 unspecified atom stereocenters. The summed E-state index contributed by atoms with van der Waals surface area (Å²) in [5, 5.41) is 2.81. The van der Waals surface area contributed by atoms with Gasteiger partial charge in [0.15, 0.2) is 0 Å². The van der Waals surface area contributed by atoms with E-state index in [1.54, 1.807) is 14.2 Å². The van der Waals surface area contributed by atoms with Crippen molar-refractivity contribution in [3.8, 4) is 11.8 Å². The summed E-state index contributed by atoms with van der Waals surface area (Å²) in [6.07, 6.45) is 4.66. The molecule has 0 spiro atoms. The molecular weight excluding hydrogens is 464 g/mol. The maximum Gasteiger partial charge on any atom is 0.318 e. The molecule has 180 valence electrons. The van der Waals surface area contributed by atoms with E-state index in [1.165, 1.54) is 11.3 Å². The Labute approximate surface area is 209 Å². The number of aromatic nitrogens is 4. The monoisotopic (exact) mass is 490 g/mol. The molecule has 0 fully saturated rings. The largest absolute Gasteiger partial charge is 0.497 e. The second kappa shape index (κ2) is 8.61. The second-order valence-electron chi connectivity index (χ2n) is 9.13. The van der Waals surface area contributed by atoms with E-state index in [2.05, 4.69) is 38.4 Å². The van der Waals surface area contributed by atoms with Crippen LogP contribution in [0.4, 0.5) is 11.5 Å². The first kappa shape index (κ1) is 22.0. The summed E-state index contributed by atoms with van der Waals surface area (Å²) < 4.78 is 13.4. The van der Waals surface area contributed by atoms with Crippen molar-refractivity contribution < 1.29 is 9.47 Å². The van der Waals surface area contributed by atoms with Crippen molar-refractivity contribution >= 4 is 33.9 Å². The zero-order chi connectivity index (χ0) is 24.1. The fourth-order valence-electron chi connectivity index (χ4n) is 5.26. The first-order valence-corrected chi connectivity index (χ1v) is 12.1. The van der Waals surface area contributed by atoms with E-state index in [0.717, 1.165) is 64.8 Å². The van der Waals surface area contributed by atoms with Gasteiger partial charge in [-0.25, -0.2) is 4.98 Å². The normalized spacial score (nSPS) is 17.3. The molecule has 35 heavy (non-hydrogen) atoms. The lowest BCUT2D eigenvalue weighted by molar-refractivity contribution is 0.374. The van der Waals surface area contributed by atoms with Crippen LogP contribution in [0, 0.1) is 0 Å². The fraction of sp³-hybridized carbons (Fsp3) is 0.346. The number of hydrogen-bond acceptors (Lipinski definition) is 7. The number of rotatable bonds is 4. The quantitative estimate of drug-likeness (QED) is 0.418. The van der Waals surface area contributed by atoms with Gasteiger partial charge >= 0.3 is 6.01 Å².